The second-order valence-corrected chi connectivity index (χ2v) is 5.67. The predicted molar refractivity (Wildman–Crippen MR) is 73.2 cm³/mol. The molecule has 2 rings (SSSR count). The van der Waals surface area contributed by atoms with E-state index in [1.807, 2.05) is 17.8 Å². The first-order chi connectivity index (χ1) is 7.70. The number of nitrogen functional groups attached to an aromatic ring is 1. The largest absolute Gasteiger partial charge is 0.399 e. The van der Waals surface area contributed by atoms with Gasteiger partial charge in [-0.05, 0) is 24.1 Å². The topological polar surface area (TPSA) is 29.3 Å². The summed E-state index contributed by atoms with van der Waals surface area (Å²) in [5.74, 6) is 1.94. The summed E-state index contributed by atoms with van der Waals surface area (Å²) in [4.78, 5) is 3.86. The van der Waals surface area contributed by atoms with E-state index in [-0.39, 0.29) is 0 Å². The first-order valence-corrected chi connectivity index (χ1v) is 6.96. The minimum atomic E-state index is 0.748. The number of hydrogen-bond acceptors (Lipinski definition) is 3. The lowest BCUT2D eigenvalue weighted by Gasteiger charge is -2.33. The van der Waals surface area contributed by atoms with Gasteiger partial charge < -0.3 is 10.6 Å². The summed E-state index contributed by atoms with van der Waals surface area (Å²) < 4.78 is 0. The van der Waals surface area contributed by atoms with Gasteiger partial charge in [0.15, 0.2) is 0 Å². The van der Waals surface area contributed by atoms with Crippen LogP contribution in [0.25, 0.3) is 0 Å². The zero-order valence-electron chi connectivity index (χ0n) is 10.1. The molecule has 0 amide bonds. The molecular weight excluding hydrogens is 216 g/mol. The van der Waals surface area contributed by atoms with E-state index in [1.54, 1.807) is 0 Å². The molecule has 1 atom stereocenters. The minimum absolute atomic E-state index is 0.748. The zero-order chi connectivity index (χ0) is 11.5. The molecule has 88 valence electrons. The smallest absolute Gasteiger partial charge is 0.0525 e. The summed E-state index contributed by atoms with van der Waals surface area (Å²) in [6, 6.07) is 6.26. The molecule has 1 aromatic rings. The number of nitrogens with two attached hydrogens (primary N) is 1. The van der Waals surface area contributed by atoms with Gasteiger partial charge in [0.2, 0.25) is 0 Å². The van der Waals surface area contributed by atoms with Gasteiger partial charge in [0, 0.05) is 29.4 Å². The lowest BCUT2D eigenvalue weighted by Crippen LogP contribution is -2.33. The number of anilines is 2. The van der Waals surface area contributed by atoms with E-state index in [0.717, 1.165) is 24.7 Å². The second kappa shape index (κ2) is 5.00. The average molecular weight is 236 g/mol. The Hall–Kier alpha value is -0.830. The summed E-state index contributed by atoms with van der Waals surface area (Å²) in [5.41, 5.74) is 8.07. The van der Waals surface area contributed by atoms with Crippen LogP contribution in [-0.2, 0) is 0 Å². The van der Waals surface area contributed by atoms with Crippen LogP contribution in [0.2, 0.25) is 0 Å². The van der Waals surface area contributed by atoms with E-state index < -0.39 is 0 Å². The van der Waals surface area contributed by atoms with Crippen LogP contribution in [0.3, 0.4) is 0 Å². The van der Waals surface area contributed by atoms with Gasteiger partial charge >= 0.3 is 0 Å². The number of benzene rings is 1. The molecule has 0 radical (unpaired) electrons. The maximum absolute atomic E-state index is 5.87. The molecular formula is C13H20N2S. The number of fused-ring (bicyclic) bond motifs is 1. The Morgan fingerprint density at radius 1 is 1.50 bits per heavy atom. The van der Waals surface area contributed by atoms with Gasteiger partial charge in [0.05, 0.1) is 5.69 Å². The molecule has 2 N–H and O–H groups in total. The summed E-state index contributed by atoms with van der Waals surface area (Å²) >= 11 is 1.94. The van der Waals surface area contributed by atoms with E-state index in [9.17, 15) is 0 Å². The summed E-state index contributed by atoms with van der Waals surface area (Å²) in [6.07, 6.45) is 1.24. The SMILES string of the molecule is CCC(C)CN1CCSc2ccc(N)cc21. The maximum Gasteiger partial charge on any atom is 0.0525 e. The summed E-state index contributed by atoms with van der Waals surface area (Å²) in [5, 5.41) is 0. The molecule has 0 saturated heterocycles. The van der Waals surface area contributed by atoms with Crippen LogP contribution >= 0.6 is 11.8 Å². The van der Waals surface area contributed by atoms with Crippen molar-refractivity contribution in [3.63, 3.8) is 0 Å². The highest BCUT2D eigenvalue weighted by atomic mass is 32.2. The van der Waals surface area contributed by atoms with E-state index in [2.05, 4.69) is 30.9 Å². The first kappa shape index (κ1) is 11.6. The predicted octanol–water partition coefficient (Wildman–Crippen LogP) is 3.23. The van der Waals surface area contributed by atoms with Crippen molar-refractivity contribution in [2.24, 2.45) is 5.92 Å². The third-order valence-corrected chi connectivity index (χ3v) is 4.21. The Kier molecular flexibility index (Phi) is 3.64. The van der Waals surface area contributed by atoms with Gasteiger partial charge in [0.25, 0.3) is 0 Å². The second-order valence-electron chi connectivity index (χ2n) is 4.54. The van der Waals surface area contributed by atoms with E-state index >= 15 is 0 Å². The standard InChI is InChI=1S/C13H20N2S/c1-3-10(2)9-15-6-7-16-13-5-4-11(14)8-12(13)15/h4-5,8,10H,3,6-7,9,14H2,1-2H3. The van der Waals surface area contributed by atoms with Crippen LogP contribution in [0.15, 0.2) is 23.1 Å². The Labute approximate surface area is 102 Å². The fraction of sp³-hybridized carbons (Fsp3) is 0.538. The van der Waals surface area contributed by atoms with Crippen LogP contribution in [0.4, 0.5) is 11.4 Å². The molecule has 0 fully saturated rings. The van der Waals surface area contributed by atoms with Crippen molar-refractivity contribution in [3.05, 3.63) is 18.2 Å². The van der Waals surface area contributed by atoms with Gasteiger partial charge in [-0.25, -0.2) is 0 Å². The van der Waals surface area contributed by atoms with Gasteiger partial charge in [-0.2, -0.15) is 0 Å². The first-order valence-electron chi connectivity index (χ1n) is 5.98. The van der Waals surface area contributed by atoms with Crippen molar-refractivity contribution in [1.82, 2.24) is 0 Å². The van der Waals surface area contributed by atoms with Crippen molar-refractivity contribution < 1.29 is 0 Å². The minimum Gasteiger partial charge on any atom is -0.399 e. The van der Waals surface area contributed by atoms with Crippen molar-refractivity contribution in [2.75, 3.05) is 29.5 Å². The van der Waals surface area contributed by atoms with E-state index in [4.69, 9.17) is 5.73 Å². The lowest BCUT2D eigenvalue weighted by atomic mass is 10.1. The monoisotopic (exact) mass is 236 g/mol. The maximum atomic E-state index is 5.87. The number of nitrogens with zero attached hydrogens (tertiary/aromatic N) is 1. The molecule has 1 unspecified atom stereocenters. The third kappa shape index (κ3) is 2.46. The van der Waals surface area contributed by atoms with Crippen LogP contribution < -0.4 is 10.6 Å². The Morgan fingerprint density at radius 3 is 3.06 bits per heavy atom. The van der Waals surface area contributed by atoms with Gasteiger partial charge in [-0.15, -0.1) is 11.8 Å². The molecule has 0 bridgehead atoms. The molecule has 1 aromatic carbocycles. The Morgan fingerprint density at radius 2 is 2.31 bits per heavy atom. The molecule has 1 heterocycles. The lowest BCUT2D eigenvalue weighted by molar-refractivity contribution is 0.546. The highest BCUT2D eigenvalue weighted by Crippen LogP contribution is 2.36. The van der Waals surface area contributed by atoms with Crippen molar-refractivity contribution >= 4 is 23.1 Å². The van der Waals surface area contributed by atoms with Crippen molar-refractivity contribution in [1.29, 1.82) is 0 Å². The van der Waals surface area contributed by atoms with Crippen LogP contribution in [0.5, 0.6) is 0 Å². The molecule has 0 saturated carbocycles. The molecule has 1 aliphatic rings. The van der Waals surface area contributed by atoms with Crippen LogP contribution in [0, 0.1) is 5.92 Å². The quantitative estimate of drug-likeness (QED) is 0.817. The summed E-state index contributed by atoms with van der Waals surface area (Å²) in [7, 11) is 0. The normalized spacial score (nSPS) is 17.0. The molecule has 1 aliphatic heterocycles. The fourth-order valence-corrected chi connectivity index (χ4v) is 3.02. The molecule has 3 heteroatoms. The molecule has 16 heavy (non-hydrogen) atoms. The number of hydrogen-bond donors (Lipinski definition) is 1. The Balaban J connectivity index is 2.21. The van der Waals surface area contributed by atoms with Gasteiger partial charge in [-0.3, -0.25) is 0 Å². The van der Waals surface area contributed by atoms with Gasteiger partial charge in [0.1, 0.15) is 0 Å². The average Bonchev–Trinajstić information content (AvgIpc) is 2.29. The third-order valence-electron chi connectivity index (χ3n) is 3.17. The van der Waals surface area contributed by atoms with Gasteiger partial charge in [-0.1, -0.05) is 20.3 Å². The molecule has 2 nitrogen and oxygen atoms in total. The van der Waals surface area contributed by atoms with Crippen LogP contribution in [0.1, 0.15) is 20.3 Å². The number of thioether (sulfide) groups is 1. The van der Waals surface area contributed by atoms with Crippen molar-refractivity contribution in [3.8, 4) is 0 Å². The summed E-state index contributed by atoms with van der Waals surface area (Å²) in [6.45, 7) is 6.86. The fourth-order valence-electron chi connectivity index (χ4n) is 1.98. The Bertz CT molecular complexity index is 365. The number of rotatable bonds is 3. The van der Waals surface area contributed by atoms with E-state index in [0.29, 0.717) is 0 Å². The van der Waals surface area contributed by atoms with Crippen molar-refractivity contribution in [2.45, 2.75) is 25.2 Å². The zero-order valence-corrected chi connectivity index (χ0v) is 10.9. The highest BCUT2D eigenvalue weighted by molar-refractivity contribution is 7.99. The molecule has 0 aliphatic carbocycles. The molecule has 0 spiro atoms. The van der Waals surface area contributed by atoms with Crippen LogP contribution in [-0.4, -0.2) is 18.8 Å². The highest BCUT2D eigenvalue weighted by Gasteiger charge is 2.18. The van der Waals surface area contributed by atoms with E-state index in [1.165, 1.54) is 22.8 Å². The molecule has 0 aromatic heterocycles.